The molecule has 0 radical (unpaired) electrons. The van der Waals surface area contributed by atoms with E-state index in [0.29, 0.717) is 11.4 Å². The summed E-state index contributed by atoms with van der Waals surface area (Å²) >= 11 is 6.11. The van der Waals surface area contributed by atoms with Crippen LogP contribution in [-0.2, 0) is 27.7 Å². The number of benzene rings is 3. The molecule has 0 aromatic heterocycles. The predicted octanol–water partition coefficient (Wildman–Crippen LogP) is 4.44. The van der Waals surface area contributed by atoms with Gasteiger partial charge in [0.1, 0.15) is 11.8 Å². The number of anilines is 1. The molecule has 3 rings (SSSR count). The third kappa shape index (κ3) is 5.88. The number of ether oxygens (including phenoxy) is 1. The lowest BCUT2D eigenvalue weighted by molar-refractivity contribution is -0.117. The van der Waals surface area contributed by atoms with Crippen molar-refractivity contribution in [3.8, 4) is 5.75 Å². The molecule has 0 bridgehead atoms. The number of amides is 1. The molecule has 1 atom stereocenters. The van der Waals surface area contributed by atoms with Crippen LogP contribution in [0.2, 0.25) is 5.02 Å². The molecule has 8 heteroatoms. The SMILES string of the molecule is CCc1ccccc1NC(=O)C(Cc1ccccc1)NS(=O)(=O)c1ccc(OC)c(Cl)c1. The highest BCUT2D eigenvalue weighted by Gasteiger charge is 2.27. The number of hydrogen-bond acceptors (Lipinski definition) is 4. The van der Waals surface area contributed by atoms with Crippen LogP contribution in [0.1, 0.15) is 18.1 Å². The molecule has 1 unspecified atom stereocenters. The molecule has 168 valence electrons. The van der Waals surface area contributed by atoms with E-state index in [1.54, 1.807) is 6.07 Å². The number of para-hydroxylation sites is 1. The molecule has 2 N–H and O–H groups in total. The summed E-state index contributed by atoms with van der Waals surface area (Å²) in [5, 5.41) is 3.04. The smallest absolute Gasteiger partial charge is 0.242 e. The first-order valence-electron chi connectivity index (χ1n) is 10.1. The van der Waals surface area contributed by atoms with Crippen molar-refractivity contribution in [2.75, 3.05) is 12.4 Å². The molecule has 3 aromatic rings. The van der Waals surface area contributed by atoms with E-state index >= 15 is 0 Å². The lowest BCUT2D eigenvalue weighted by atomic mass is 10.1. The molecule has 1 amide bonds. The van der Waals surface area contributed by atoms with Gasteiger partial charge in [0.05, 0.1) is 17.0 Å². The average Bonchev–Trinajstić information content (AvgIpc) is 2.79. The van der Waals surface area contributed by atoms with Crippen LogP contribution in [0.4, 0.5) is 5.69 Å². The number of rotatable bonds is 9. The quantitative estimate of drug-likeness (QED) is 0.482. The van der Waals surface area contributed by atoms with Crippen LogP contribution in [0.5, 0.6) is 5.75 Å². The Labute approximate surface area is 193 Å². The molecule has 0 aliphatic heterocycles. The van der Waals surface area contributed by atoms with Crippen molar-refractivity contribution < 1.29 is 17.9 Å². The summed E-state index contributed by atoms with van der Waals surface area (Å²) in [4.78, 5) is 13.1. The largest absolute Gasteiger partial charge is 0.495 e. The standard InChI is InChI=1S/C24H25ClN2O4S/c1-3-18-11-7-8-12-21(18)26-24(28)22(15-17-9-5-4-6-10-17)27-32(29,30)19-13-14-23(31-2)20(25)16-19/h4-14,16,22,27H,3,15H2,1-2H3,(H,26,28). The Morgan fingerprint density at radius 1 is 1.03 bits per heavy atom. The van der Waals surface area contributed by atoms with Gasteiger partial charge in [-0.15, -0.1) is 0 Å². The van der Waals surface area contributed by atoms with Crippen LogP contribution in [0, 0.1) is 0 Å². The molecule has 3 aromatic carbocycles. The molecule has 0 fully saturated rings. The first-order valence-corrected chi connectivity index (χ1v) is 12.0. The summed E-state index contributed by atoms with van der Waals surface area (Å²) in [6.45, 7) is 1.99. The second-order valence-corrected chi connectivity index (χ2v) is 9.28. The number of hydrogen-bond donors (Lipinski definition) is 2. The van der Waals surface area contributed by atoms with E-state index < -0.39 is 22.0 Å². The molecule has 0 heterocycles. The number of halogens is 1. The van der Waals surface area contributed by atoms with Crippen molar-refractivity contribution in [2.45, 2.75) is 30.7 Å². The summed E-state index contributed by atoms with van der Waals surface area (Å²) in [6.07, 6.45) is 0.917. The molecule has 0 spiro atoms. The third-order valence-corrected chi connectivity index (χ3v) is 6.75. The summed E-state index contributed by atoms with van der Waals surface area (Å²) in [5.74, 6) is -0.0849. The second kappa shape index (κ2) is 10.6. The van der Waals surface area contributed by atoms with Crippen LogP contribution in [0.25, 0.3) is 0 Å². The first-order chi connectivity index (χ1) is 15.3. The van der Waals surface area contributed by atoms with Crippen molar-refractivity contribution in [1.82, 2.24) is 4.72 Å². The lowest BCUT2D eigenvalue weighted by Gasteiger charge is -2.20. The van der Waals surface area contributed by atoms with Gasteiger partial charge in [-0.1, -0.05) is 67.1 Å². The van der Waals surface area contributed by atoms with Gasteiger partial charge in [-0.25, -0.2) is 8.42 Å². The van der Waals surface area contributed by atoms with E-state index in [-0.39, 0.29) is 16.3 Å². The highest BCUT2D eigenvalue weighted by molar-refractivity contribution is 7.89. The highest BCUT2D eigenvalue weighted by atomic mass is 35.5. The van der Waals surface area contributed by atoms with Crippen LogP contribution in [-0.4, -0.2) is 27.5 Å². The zero-order valence-corrected chi connectivity index (χ0v) is 19.4. The Balaban J connectivity index is 1.90. The lowest BCUT2D eigenvalue weighted by Crippen LogP contribution is -2.45. The van der Waals surface area contributed by atoms with Crippen LogP contribution >= 0.6 is 11.6 Å². The molecule has 0 saturated carbocycles. The van der Waals surface area contributed by atoms with E-state index in [2.05, 4.69) is 10.0 Å². The Morgan fingerprint density at radius 2 is 1.72 bits per heavy atom. The number of aryl methyl sites for hydroxylation is 1. The van der Waals surface area contributed by atoms with Crippen molar-refractivity contribution in [2.24, 2.45) is 0 Å². The van der Waals surface area contributed by atoms with Gasteiger partial charge in [-0.05, 0) is 48.2 Å². The highest BCUT2D eigenvalue weighted by Crippen LogP contribution is 2.27. The van der Waals surface area contributed by atoms with Crippen LogP contribution in [0.3, 0.4) is 0 Å². The molecule has 32 heavy (non-hydrogen) atoms. The summed E-state index contributed by atoms with van der Waals surface area (Å²) in [6, 6.07) is 19.8. The van der Waals surface area contributed by atoms with Gasteiger partial charge in [-0.2, -0.15) is 4.72 Å². The zero-order chi connectivity index (χ0) is 23.1. The third-order valence-electron chi connectivity index (χ3n) is 4.99. The van der Waals surface area contributed by atoms with E-state index in [0.717, 1.165) is 17.5 Å². The van der Waals surface area contributed by atoms with Gasteiger partial charge in [0.15, 0.2) is 0 Å². The van der Waals surface area contributed by atoms with Crippen molar-refractivity contribution in [1.29, 1.82) is 0 Å². The van der Waals surface area contributed by atoms with E-state index in [1.165, 1.54) is 25.3 Å². The van der Waals surface area contributed by atoms with Crippen molar-refractivity contribution >= 4 is 33.2 Å². The Hall–Kier alpha value is -2.87. The maximum Gasteiger partial charge on any atom is 0.242 e. The Morgan fingerprint density at radius 3 is 2.38 bits per heavy atom. The average molecular weight is 473 g/mol. The minimum Gasteiger partial charge on any atom is -0.495 e. The van der Waals surface area contributed by atoms with E-state index in [4.69, 9.17) is 16.3 Å². The minimum atomic E-state index is -4.03. The zero-order valence-electron chi connectivity index (χ0n) is 17.8. The Bertz CT molecular complexity index is 1180. The predicted molar refractivity (Wildman–Crippen MR) is 127 cm³/mol. The molecule has 6 nitrogen and oxygen atoms in total. The van der Waals surface area contributed by atoms with Gasteiger partial charge < -0.3 is 10.1 Å². The van der Waals surface area contributed by atoms with Gasteiger partial charge in [-0.3, -0.25) is 4.79 Å². The Kier molecular flexibility index (Phi) is 7.90. The maximum atomic E-state index is 13.2. The van der Waals surface area contributed by atoms with Gasteiger partial charge in [0, 0.05) is 5.69 Å². The van der Waals surface area contributed by atoms with Crippen LogP contribution < -0.4 is 14.8 Å². The molecular weight excluding hydrogens is 448 g/mol. The molecular formula is C24H25ClN2O4S. The number of methoxy groups -OCH3 is 1. The van der Waals surface area contributed by atoms with Gasteiger partial charge in [0.25, 0.3) is 0 Å². The maximum absolute atomic E-state index is 13.2. The molecule has 0 aliphatic carbocycles. The molecule has 0 aliphatic rings. The van der Waals surface area contributed by atoms with Gasteiger partial charge in [0.2, 0.25) is 15.9 Å². The minimum absolute atomic E-state index is 0.0527. The van der Waals surface area contributed by atoms with Crippen LogP contribution in [0.15, 0.2) is 77.7 Å². The summed E-state index contributed by atoms with van der Waals surface area (Å²) < 4.78 is 33.8. The number of carbonyl (C=O) groups is 1. The monoisotopic (exact) mass is 472 g/mol. The summed E-state index contributed by atoms with van der Waals surface area (Å²) in [7, 11) is -2.58. The van der Waals surface area contributed by atoms with Gasteiger partial charge >= 0.3 is 0 Å². The molecule has 0 saturated heterocycles. The van der Waals surface area contributed by atoms with E-state index in [1.807, 2.05) is 55.5 Å². The second-order valence-electron chi connectivity index (χ2n) is 7.16. The van der Waals surface area contributed by atoms with E-state index in [9.17, 15) is 13.2 Å². The fraction of sp³-hybridized carbons (Fsp3) is 0.208. The fourth-order valence-electron chi connectivity index (χ4n) is 3.28. The summed E-state index contributed by atoms with van der Waals surface area (Å²) in [5.41, 5.74) is 2.45. The number of sulfonamides is 1. The fourth-order valence-corrected chi connectivity index (χ4v) is 4.82. The first kappa shape index (κ1) is 23.8. The number of nitrogens with one attached hydrogen (secondary N) is 2. The topological polar surface area (TPSA) is 84.5 Å². The number of carbonyl (C=O) groups excluding carboxylic acids is 1. The van der Waals surface area contributed by atoms with Crippen molar-refractivity contribution in [3.05, 3.63) is 88.9 Å². The normalized spacial score (nSPS) is 12.2. The van der Waals surface area contributed by atoms with Crippen molar-refractivity contribution in [3.63, 3.8) is 0 Å².